The molecule has 2 aliphatic rings. The number of nitrogens with zero attached hydrogens (tertiary/aromatic N) is 4. The number of fused-ring (bicyclic) bond motifs is 4. The van der Waals surface area contributed by atoms with E-state index in [9.17, 15) is 49.5 Å². The van der Waals surface area contributed by atoms with E-state index in [1.165, 1.54) is 53.0 Å². The zero-order valence-corrected chi connectivity index (χ0v) is 37.0. The van der Waals surface area contributed by atoms with E-state index in [0.29, 0.717) is 48.7 Å². The summed E-state index contributed by atoms with van der Waals surface area (Å²) in [5.74, 6) is -4.91. The Hall–Kier alpha value is -8.55. The Bertz CT molecular complexity index is 3380. The van der Waals surface area contributed by atoms with Crippen molar-refractivity contribution < 1.29 is 58.6 Å². The average Bonchev–Trinajstić information content (AvgIpc) is 3.93. The molecule has 1 aliphatic heterocycles. The van der Waals surface area contributed by atoms with Gasteiger partial charge in [0.15, 0.2) is 5.43 Å². The number of carbonyl (C=O) groups is 4. The Morgan fingerprint density at radius 2 is 1.10 bits per heavy atom. The van der Waals surface area contributed by atoms with E-state index in [2.05, 4.69) is 0 Å². The van der Waals surface area contributed by atoms with Gasteiger partial charge in [0.2, 0.25) is 0 Å². The normalized spacial score (nSPS) is 11.3. The quantitative estimate of drug-likeness (QED) is 0.0401. The fourth-order valence-electron chi connectivity index (χ4n) is 7.87. The predicted molar refractivity (Wildman–Crippen MR) is 256 cm³/mol. The number of phenolic OH excluding ortho intramolecular Hbond substituents is 1. The van der Waals surface area contributed by atoms with Gasteiger partial charge in [-0.25, -0.2) is 9.97 Å². The van der Waals surface area contributed by atoms with Gasteiger partial charge in [0, 0.05) is 28.6 Å². The van der Waals surface area contributed by atoms with E-state index < -0.39 is 50.1 Å². The van der Waals surface area contributed by atoms with Crippen molar-refractivity contribution in [3.05, 3.63) is 125 Å². The lowest BCUT2D eigenvalue weighted by Crippen LogP contribution is -2.35. The summed E-state index contributed by atoms with van der Waals surface area (Å²) in [7, 11) is 0. The standard InChI is InChI=1S/C49H36N4O13S2/c54-35-20-38-29(18-27(35)48-50-31-7-1-5-11-41(31)67-48)47(30-19-28(36(55)21-39(30)66-38)49-51-32-8-2-6-12-42(32)68-49)26-13-14-34(53(24-45(60)61)25-46(62)63)40(17-26)65-16-15-64-37-10-4-3-9-33(37)52(22-43(56)57)23-44(58)59/h1-14,17-21,54H,15-16,22-25H2,(H,56,57)(H,58,59)(H,60,61)(H,62,63). The summed E-state index contributed by atoms with van der Waals surface area (Å²) in [6.45, 7) is -3.09. The molecular weight excluding hydrogens is 917 g/mol. The number of carboxylic acid groups (broad SMARTS) is 4. The van der Waals surface area contributed by atoms with Crippen LogP contribution in [0.2, 0.25) is 0 Å². The molecule has 19 heteroatoms. The van der Waals surface area contributed by atoms with Crippen molar-refractivity contribution >= 4 is 89.3 Å². The molecule has 0 saturated carbocycles. The van der Waals surface area contributed by atoms with Gasteiger partial charge in [0.1, 0.15) is 78.0 Å². The Kier molecular flexibility index (Phi) is 12.3. The maximum absolute atomic E-state index is 13.9. The van der Waals surface area contributed by atoms with Crippen molar-refractivity contribution in [2.45, 2.75) is 0 Å². The van der Waals surface area contributed by atoms with Crippen LogP contribution in [0.5, 0.6) is 17.2 Å². The molecule has 3 heterocycles. The smallest absolute Gasteiger partial charge is 0.323 e. The van der Waals surface area contributed by atoms with Crippen LogP contribution in [0.3, 0.4) is 0 Å². The molecule has 342 valence electrons. The maximum Gasteiger partial charge on any atom is 0.323 e. The molecule has 1 aliphatic carbocycles. The van der Waals surface area contributed by atoms with Crippen LogP contribution >= 0.6 is 22.7 Å². The Labute approximate surface area is 391 Å². The largest absolute Gasteiger partial charge is 0.507 e. The van der Waals surface area contributed by atoms with Gasteiger partial charge in [-0.15, -0.1) is 22.7 Å². The molecule has 0 fully saturated rings. The Balaban J connectivity index is 1.20. The van der Waals surface area contributed by atoms with Crippen molar-refractivity contribution in [3.63, 3.8) is 0 Å². The minimum absolute atomic E-state index is 0.0411. The second kappa shape index (κ2) is 18.7. The number of aliphatic carboxylic acids is 4. The number of benzene rings is 6. The Morgan fingerprint density at radius 1 is 0.574 bits per heavy atom. The zero-order chi connectivity index (χ0) is 47.6. The summed E-state index contributed by atoms with van der Waals surface area (Å²) in [4.78, 5) is 73.2. The van der Waals surface area contributed by atoms with Crippen LogP contribution in [0, 0.1) is 0 Å². The van der Waals surface area contributed by atoms with Gasteiger partial charge in [0.25, 0.3) is 0 Å². The van der Waals surface area contributed by atoms with Gasteiger partial charge in [-0.1, -0.05) is 42.5 Å². The van der Waals surface area contributed by atoms with Crippen molar-refractivity contribution in [1.82, 2.24) is 9.97 Å². The summed E-state index contributed by atoms with van der Waals surface area (Å²) in [6, 6.07) is 32.3. The molecule has 5 aromatic carbocycles. The molecule has 17 nitrogen and oxygen atoms in total. The highest BCUT2D eigenvalue weighted by molar-refractivity contribution is 7.22. The SMILES string of the molecule is O=C(O)CN(CC(=O)O)c1ccccc1OCCOc1cc(-c2c3cc(-c4nc5ccccc5s4)c(=O)cc-3oc3cc(O)c(-c4nc5ccccc5s4)cc23)ccc1N(CC(=O)O)CC(=O)O. The topological polar surface area (TPSA) is 250 Å². The van der Waals surface area contributed by atoms with Crippen molar-refractivity contribution in [2.24, 2.45) is 0 Å². The second-order valence-electron chi connectivity index (χ2n) is 15.3. The summed E-state index contributed by atoms with van der Waals surface area (Å²) in [6.07, 6.45) is 0. The van der Waals surface area contributed by atoms with Crippen molar-refractivity contribution in [1.29, 1.82) is 0 Å². The molecule has 0 bridgehead atoms. The zero-order valence-electron chi connectivity index (χ0n) is 35.3. The molecule has 9 rings (SSSR count). The number of carboxylic acids is 4. The number of hydrogen-bond donors (Lipinski definition) is 5. The van der Waals surface area contributed by atoms with E-state index >= 15 is 0 Å². The number of aromatic nitrogens is 2. The van der Waals surface area contributed by atoms with Crippen molar-refractivity contribution in [2.75, 3.05) is 49.2 Å². The third-order valence-corrected chi connectivity index (χ3v) is 12.8. The highest BCUT2D eigenvalue weighted by Crippen LogP contribution is 2.47. The van der Waals surface area contributed by atoms with E-state index in [-0.39, 0.29) is 58.6 Å². The molecule has 0 saturated heterocycles. The number of phenols is 1. The summed E-state index contributed by atoms with van der Waals surface area (Å²) < 4.78 is 20.5. The second-order valence-corrected chi connectivity index (χ2v) is 17.4. The number of para-hydroxylation sites is 4. The van der Waals surface area contributed by atoms with Gasteiger partial charge in [-0.05, 0) is 66.2 Å². The van der Waals surface area contributed by atoms with Gasteiger partial charge >= 0.3 is 23.9 Å². The average molecular weight is 953 g/mol. The van der Waals surface area contributed by atoms with Gasteiger partial charge in [-0.2, -0.15) is 0 Å². The monoisotopic (exact) mass is 952 g/mol. The Morgan fingerprint density at radius 3 is 1.69 bits per heavy atom. The highest BCUT2D eigenvalue weighted by atomic mass is 32.1. The van der Waals surface area contributed by atoms with E-state index in [1.54, 1.807) is 36.4 Å². The van der Waals surface area contributed by atoms with Crippen LogP contribution in [0.4, 0.5) is 11.4 Å². The first-order valence-electron chi connectivity index (χ1n) is 20.6. The number of anilines is 2. The van der Waals surface area contributed by atoms with E-state index in [4.69, 9.17) is 23.9 Å². The van der Waals surface area contributed by atoms with Crippen LogP contribution in [0.25, 0.3) is 75.0 Å². The number of ether oxygens (including phenoxy) is 2. The number of aromatic hydroxyl groups is 1. The minimum Gasteiger partial charge on any atom is -0.507 e. The van der Waals surface area contributed by atoms with Crippen molar-refractivity contribution in [3.8, 4) is 60.8 Å². The van der Waals surface area contributed by atoms with Gasteiger partial charge in [-0.3, -0.25) is 24.0 Å². The molecule has 68 heavy (non-hydrogen) atoms. The summed E-state index contributed by atoms with van der Waals surface area (Å²) in [5, 5.41) is 51.7. The molecule has 5 N–H and O–H groups in total. The highest BCUT2D eigenvalue weighted by Gasteiger charge is 2.26. The van der Waals surface area contributed by atoms with E-state index in [0.717, 1.165) is 24.7 Å². The fourth-order valence-corrected chi connectivity index (χ4v) is 9.85. The molecule has 0 amide bonds. The first-order valence-corrected chi connectivity index (χ1v) is 22.3. The maximum atomic E-state index is 13.9. The van der Waals surface area contributed by atoms with Crippen LogP contribution < -0.4 is 24.7 Å². The van der Waals surface area contributed by atoms with Crippen LogP contribution in [0.1, 0.15) is 0 Å². The summed E-state index contributed by atoms with van der Waals surface area (Å²) >= 11 is 2.72. The number of hydrogen-bond acceptors (Lipinski definition) is 15. The molecule has 2 aromatic heterocycles. The fraction of sp³-hybridized carbons (Fsp3) is 0.122. The molecule has 0 radical (unpaired) electrons. The third kappa shape index (κ3) is 9.28. The van der Waals surface area contributed by atoms with Gasteiger partial charge < -0.3 is 49.2 Å². The molecule has 7 aromatic rings. The van der Waals surface area contributed by atoms with E-state index in [1.807, 2.05) is 48.5 Å². The third-order valence-electron chi connectivity index (χ3n) is 10.7. The lowest BCUT2D eigenvalue weighted by atomic mass is 9.91. The van der Waals surface area contributed by atoms with Crippen LogP contribution in [-0.4, -0.2) is 98.8 Å². The molecule has 0 unspecified atom stereocenters. The van der Waals surface area contributed by atoms with Gasteiger partial charge in [0.05, 0.1) is 42.9 Å². The number of thiazole rings is 2. The van der Waals surface area contributed by atoms with Crippen LogP contribution in [-0.2, 0) is 19.2 Å². The molecule has 0 atom stereocenters. The summed E-state index contributed by atoms with van der Waals surface area (Å²) in [5.41, 5.74) is 3.70. The molecule has 0 spiro atoms. The minimum atomic E-state index is -1.31. The lowest BCUT2D eigenvalue weighted by Gasteiger charge is -2.25. The first-order chi connectivity index (χ1) is 32.8. The lowest BCUT2D eigenvalue weighted by molar-refractivity contribution is -0.138. The van der Waals surface area contributed by atoms with Crippen LogP contribution in [0.15, 0.2) is 124 Å². The molecular formula is C49H36N4O13S2. The predicted octanol–water partition coefficient (Wildman–Crippen LogP) is 8.23. The first kappa shape index (κ1) is 44.6. The number of rotatable bonds is 18.